The summed E-state index contributed by atoms with van der Waals surface area (Å²) >= 11 is 0. The molecule has 0 aromatic rings. The predicted octanol–water partition coefficient (Wildman–Crippen LogP) is 0.0471. The van der Waals surface area contributed by atoms with Gasteiger partial charge in [-0.1, -0.05) is 24.5 Å². The van der Waals surface area contributed by atoms with Crippen molar-refractivity contribution in [2.75, 3.05) is 26.8 Å². The van der Waals surface area contributed by atoms with Crippen molar-refractivity contribution < 1.29 is 39.4 Å². The van der Waals surface area contributed by atoms with Crippen molar-refractivity contribution in [3.63, 3.8) is 0 Å². The second-order valence-electron chi connectivity index (χ2n) is 11.3. The van der Waals surface area contributed by atoms with Gasteiger partial charge in [-0.05, 0) is 51.0 Å². The Morgan fingerprint density at radius 2 is 1.92 bits per heavy atom. The van der Waals surface area contributed by atoms with Crippen LogP contribution in [-0.4, -0.2) is 107 Å². The van der Waals surface area contributed by atoms with Crippen molar-refractivity contribution in [2.24, 2.45) is 17.8 Å². The summed E-state index contributed by atoms with van der Waals surface area (Å²) in [4.78, 5) is 15.5. The van der Waals surface area contributed by atoms with E-state index in [2.05, 4.69) is 16.3 Å². The molecule has 5 N–H and O–H groups in total. The van der Waals surface area contributed by atoms with Crippen molar-refractivity contribution >= 4 is 5.97 Å². The number of carbonyl (C=O) groups is 1. The third-order valence-corrected chi connectivity index (χ3v) is 9.53. The van der Waals surface area contributed by atoms with Crippen LogP contribution in [0.4, 0.5) is 0 Å². The molecule has 0 bridgehead atoms. The molecule has 37 heavy (non-hydrogen) atoms. The van der Waals surface area contributed by atoms with Gasteiger partial charge in [-0.3, -0.25) is 4.90 Å². The summed E-state index contributed by atoms with van der Waals surface area (Å²) in [6.07, 6.45) is 3.37. The lowest BCUT2D eigenvalue weighted by atomic mass is 9.70. The lowest BCUT2D eigenvalue weighted by Gasteiger charge is -2.49. The number of aliphatic hydroxyl groups excluding tert-OH is 4. The van der Waals surface area contributed by atoms with Crippen LogP contribution >= 0.6 is 0 Å². The fraction of sp³-hybridized carbons (Fsp3) is 0.815. The number of aliphatic hydroxyl groups is 4. The first kappa shape index (κ1) is 27.1. The highest BCUT2D eigenvalue weighted by Gasteiger charge is 2.52. The SMILES string of the molecule is CC=C1CN2CCC3C4CCCCC4NC3C2C[C@@H]1C(=CO[C@@H]1O[C@H](CO)[C@@H](O)[C@H](O)[C@H]1O)C(=O)OC. The summed E-state index contributed by atoms with van der Waals surface area (Å²) in [6, 6.07) is 1.28. The summed E-state index contributed by atoms with van der Waals surface area (Å²) in [5.74, 6) is 0.650. The van der Waals surface area contributed by atoms with Crippen LogP contribution in [0.3, 0.4) is 0 Å². The Morgan fingerprint density at radius 1 is 1.14 bits per heavy atom. The van der Waals surface area contributed by atoms with Gasteiger partial charge in [0.1, 0.15) is 24.4 Å². The average molecular weight is 523 g/mol. The van der Waals surface area contributed by atoms with E-state index >= 15 is 0 Å². The van der Waals surface area contributed by atoms with Crippen molar-refractivity contribution in [1.29, 1.82) is 0 Å². The minimum absolute atomic E-state index is 0.230. The van der Waals surface area contributed by atoms with Crippen LogP contribution in [0.25, 0.3) is 0 Å². The van der Waals surface area contributed by atoms with E-state index in [0.29, 0.717) is 29.6 Å². The molecule has 1 saturated carbocycles. The van der Waals surface area contributed by atoms with Crippen molar-refractivity contribution in [3.05, 3.63) is 23.5 Å². The van der Waals surface area contributed by atoms with E-state index in [9.17, 15) is 25.2 Å². The molecule has 4 saturated heterocycles. The number of fused-ring (bicyclic) bond motifs is 5. The zero-order valence-corrected chi connectivity index (χ0v) is 21.7. The smallest absolute Gasteiger partial charge is 0.337 e. The predicted molar refractivity (Wildman–Crippen MR) is 133 cm³/mol. The number of carbonyl (C=O) groups excluding carboxylic acids is 1. The number of nitrogens with one attached hydrogen (secondary N) is 1. The van der Waals surface area contributed by atoms with Crippen LogP contribution in [0, 0.1) is 17.8 Å². The van der Waals surface area contributed by atoms with Gasteiger partial charge in [-0.15, -0.1) is 0 Å². The molecule has 0 aromatic heterocycles. The summed E-state index contributed by atoms with van der Waals surface area (Å²) in [5.41, 5.74) is 1.43. The number of methoxy groups -OCH3 is 1. The fourth-order valence-electron chi connectivity index (χ4n) is 7.57. The van der Waals surface area contributed by atoms with Gasteiger partial charge in [0.2, 0.25) is 6.29 Å². The number of hydrogen-bond acceptors (Lipinski definition) is 10. The molecule has 4 heterocycles. The maximum absolute atomic E-state index is 13.0. The monoisotopic (exact) mass is 522 g/mol. The van der Waals surface area contributed by atoms with Gasteiger partial charge in [0.05, 0.1) is 25.6 Å². The molecule has 5 fully saturated rings. The van der Waals surface area contributed by atoms with Crippen LogP contribution < -0.4 is 5.32 Å². The van der Waals surface area contributed by atoms with Crippen LogP contribution in [0.1, 0.15) is 45.4 Å². The molecule has 4 aliphatic heterocycles. The Morgan fingerprint density at radius 3 is 2.65 bits per heavy atom. The van der Waals surface area contributed by atoms with Crippen LogP contribution in [0.2, 0.25) is 0 Å². The molecule has 0 amide bonds. The zero-order valence-electron chi connectivity index (χ0n) is 21.7. The second-order valence-corrected chi connectivity index (χ2v) is 11.3. The summed E-state index contributed by atoms with van der Waals surface area (Å²) in [5, 5.41) is 44.0. The van der Waals surface area contributed by atoms with E-state index in [-0.39, 0.29) is 5.92 Å². The Labute approximate surface area is 218 Å². The van der Waals surface area contributed by atoms with E-state index < -0.39 is 43.3 Å². The Balaban J connectivity index is 1.38. The Kier molecular flexibility index (Phi) is 8.26. The van der Waals surface area contributed by atoms with E-state index in [1.807, 2.05) is 6.92 Å². The highest BCUT2D eigenvalue weighted by molar-refractivity contribution is 5.89. The number of allylic oxidation sites excluding steroid dienone is 1. The van der Waals surface area contributed by atoms with Gasteiger partial charge in [0, 0.05) is 30.6 Å². The maximum Gasteiger partial charge on any atom is 0.337 e. The minimum Gasteiger partial charge on any atom is -0.469 e. The molecule has 1 aliphatic carbocycles. The van der Waals surface area contributed by atoms with Gasteiger partial charge < -0.3 is 40.0 Å². The van der Waals surface area contributed by atoms with Crippen LogP contribution in [-0.2, 0) is 19.0 Å². The van der Waals surface area contributed by atoms with E-state index in [1.165, 1.54) is 45.5 Å². The third-order valence-electron chi connectivity index (χ3n) is 9.53. The third kappa shape index (κ3) is 4.97. The van der Waals surface area contributed by atoms with Crippen molar-refractivity contribution in [3.8, 4) is 0 Å². The average Bonchev–Trinajstić information content (AvgIpc) is 3.31. The molecule has 10 nitrogen and oxygen atoms in total. The molecular formula is C27H42N2O8. The summed E-state index contributed by atoms with van der Waals surface area (Å²) < 4.78 is 16.3. The van der Waals surface area contributed by atoms with E-state index in [1.54, 1.807) is 0 Å². The molecule has 5 unspecified atom stereocenters. The van der Waals surface area contributed by atoms with E-state index in [4.69, 9.17) is 14.2 Å². The standard InChI is InChI=1S/C27H42N2O8/c1-3-14-11-29-9-8-16-15-6-4-5-7-19(15)28-22(16)20(29)10-17(14)18(26(34)35-2)13-36-27-25(33)24(32)23(31)21(12-30)37-27/h3,13,15-17,19-25,27-28,30-33H,4-12H2,1-2H3/t15?,16?,17-,19?,20?,21+,22?,23+,24-,25+,27+/m0/s1. The lowest BCUT2D eigenvalue weighted by Crippen LogP contribution is -2.59. The number of hydrogen-bond donors (Lipinski definition) is 5. The van der Waals surface area contributed by atoms with Gasteiger partial charge in [0.25, 0.3) is 0 Å². The molecule has 0 aromatic carbocycles. The molecule has 0 spiro atoms. The Bertz CT molecular complexity index is 894. The fourth-order valence-corrected chi connectivity index (χ4v) is 7.57. The highest BCUT2D eigenvalue weighted by atomic mass is 16.7. The van der Waals surface area contributed by atoms with Gasteiger partial charge >= 0.3 is 5.97 Å². The number of piperidine rings is 2. The summed E-state index contributed by atoms with van der Waals surface area (Å²) in [7, 11) is 1.33. The van der Waals surface area contributed by atoms with Crippen LogP contribution in [0.15, 0.2) is 23.5 Å². The minimum atomic E-state index is -1.56. The lowest BCUT2D eigenvalue weighted by molar-refractivity contribution is -0.288. The van der Waals surface area contributed by atoms with Crippen molar-refractivity contribution in [2.45, 2.75) is 94.3 Å². The molecular weight excluding hydrogens is 480 g/mol. The number of rotatable bonds is 5. The second kappa shape index (κ2) is 11.3. The number of esters is 1. The van der Waals surface area contributed by atoms with Crippen LogP contribution in [0.5, 0.6) is 0 Å². The molecule has 208 valence electrons. The van der Waals surface area contributed by atoms with E-state index in [0.717, 1.165) is 31.0 Å². The first-order chi connectivity index (χ1) is 17.9. The highest BCUT2D eigenvalue weighted by Crippen LogP contribution is 2.47. The maximum atomic E-state index is 13.0. The normalized spacial score (nSPS) is 45.6. The van der Waals surface area contributed by atoms with Crippen molar-refractivity contribution in [1.82, 2.24) is 10.2 Å². The first-order valence-corrected chi connectivity index (χ1v) is 13.8. The molecule has 5 aliphatic rings. The molecule has 11 atom stereocenters. The largest absolute Gasteiger partial charge is 0.469 e. The van der Waals surface area contributed by atoms with Gasteiger partial charge in [-0.25, -0.2) is 4.79 Å². The molecule has 5 rings (SSSR count). The molecule has 10 heteroatoms. The first-order valence-electron chi connectivity index (χ1n) is 13.8. The van der Waals surface area contributed by atoms with Gasteiger partial charge in [-0.2, -0.15) is 0 Å². The number of nitrogens with zero attached hydrogens (tertiary/aromatic N) is 1. The number of ether oxygens (including phenoxy) is 3. The Hall–Kier alpha value is -1.53. The molecule has 0 radical (unpaired) electrons. The van der Waals surface area contributed by atoms with Gasteiger partial charge in [0.15, 0.2) is 0 Å². The topological polar surface area (TPSA) is 141 Å². The summed E-state index contributed by atoms with van der Waals surface area (Å²) in [6.45, 7) is 3.24. The quantitative estimate of drug-likeness (QED) is 0.146. The zero-order chi connectivity index (χ0) is 26.3.